The molecule has 0 heterocycles. The van der Waals surface area contributed by atoms with Gasteiger partial charge in [-0.15, -0.1) is 0 Å². The molecule has 1 saturated carbocycles. The molecule has 2 N–H and O–H groups in total. The molecular weight excluding hydrogens is 182 g/mol. The summed E-state index contributed by atoms with van der Waals surface area (Å²) in [6.07, 6.45) is 9.64. The van der Waals surface area contributed by atoms with Gasteiger partial charge in [0.25, 0.3) is 0 Å². The van der Waals surface area contributed by atoms with Crippen LogP contribution < -0.4 is 5.73 Å². The lowest BCUT2D eigenvalue weighted by Crippen LogP contribution is -2.37. The zero-order valence-electron chi connectivity index (χ0n) is 10.9. The van der Waals surface area contributed by atoms with Crippen molar-refractivity contribution in [2.45, 2.75) is 65.7 Å². The topological polar surface area (TPSA) is 26.0 Å². The highest BCUT2D eigenvalue weighted by molar-refractivity contribution is 4.88. The van der Waals surface area contributed by atoms with Crippen LogP contribution in [0.2, 0.25) is 0 Å². The van der Waals surface area contributed by atoms with Gasteiger partial charge in [0, 0.05) is 0 Å². The molecule has 1 aliphatic rings. The molecule has 3 unspecified atom stereocenters. The van der Waals surface area contributed by atoms with Gasteiger partial charge in [0.1, 0.15) is 0 Å². The van der Waals surface area contributed by atoms with E-state index in [0.29, 0.717) is 5.41 Å². The van der Waals surface area contributed by atoms with Crippen molar-refractivity contribution in [2.75, 3.05) is 6.54 Å². The third-order valence-electron chi connectivity index (χ3n) is 4.53. The molecule has 3 atom stereocenters. The maximum atomic E-state index is 6.06. The van der Waals surface area contributed by atoms with Crippen molar-refractivity contribution in [1.82, 2.24) is 0 Å². The lowest BCUT2D eigenvalue weighted by Gasteiger charge is -2.41. The van der Waals surface area contributed by atoms with Crippen LogP contribution in [-0.2, 0) is 0 Å². The molecule has 1 heteroatoms. The smallest absolute Gasteiger partial charge is 0.00203 e. The Hall–Kier alpha value is -0.0400. The minimum atomic E-state index is 0.494. The zero-order chi connectivity index (χ0) is 11.3. The predicted molar refractivity (Wildman–Crippen MR) is 67.8 cm³/mol. The summed E-state index contributed by atoms with van der Waals surface area (Å²) in [5, 5.41) is 0. The van der Waals surface area contributed by atoms with Gasteiger partial charge in [0.2, 0.25) is 0 Å². The Morgan fingerprint density at radius 3 is 2.67 bits per heavy atom. The molecule has 0 aromatic heterocycles. The number of hydrogen-bond acceptors (Lipinski definition) is 1. The monoisotopic (exact) mass is 211 g/mol. The lowest BCUT2D eigenvalue weighted by molar-refractivity contribution is 0.111. The molecule has 0 amide bonds. The lowest BCUT2D eigenvalue weighted by atomic mass is 9.65. The summed E-state index contributed by atoms with van der Waals surface area (Å²) in [6, 6.07) is 0. The van der Waals surface area contributed by atoms with Crippen molar-refractivity contribution in [3.63, 3.8) is 0 Å². The van der Waals surface area contributed by atoms with E-state index < -0.39 is 0 Å². The van der Waals surface area contributed by atoms with Crippen LogP contribution in [-0.4, -0.2) is 6.54 Å². The highest BCUT2D eigenvalue weighted by atomic mass is 14.6. The second-order valence-corrected chi connectivity index (χ2v) is 5.79. The molecule has 1 nitrogen and oxygen atoms in total. The van der Waals surface area contributed by atoms with Gasteiger partial charge in [-0.3, -0.25) is 0 Å². The van der Waals surface area contributed by atoms with Crippen LogP contribution >= 0.6 is 0 Å². The average Bonchev–Trinajstić information content (AvgIpc) is 2.29. The van der Waals surface area contributed by atoms with E-state index >= 15 is 0 Å². The summed E-state index contributed by atoms with van der Waals surface area (Å²) in [7, 11) is 0. The highest BCUT2D eigenvalue weighted by Gasteiger charge is 2.35. The van der Waals surface area contributed by atoms with Gasteiger partial charge >= 0.3 is 0 Å². The van der Waals surface area contributed by atoms with E-state index in [0.717, 1.165) is 18.4 Å². The van der Waals surface area contributed by atoms with E-state index in [9.17, 15) is 0 Å². The molecule has 0 spiro atoms. The fraction of sp³-hybridized carbons (Fsp3) is 1.00. The minimum absolute atomic E-state index is 0.494. The van der Waals surface area contributed by atoms with Crippen LogP contribution in [0, 0.1) is 17.3 Å². The number of hydrogen-bond donors (Lipinski definition) is 1. The Morgan fingerprint density at radius 1 is 1.40 bits per heavy atom. The van der Waals surface area contributed by atoms with Gasteiger partial charge in [-0.1, -0.05) is 46.5 Å². The predicted octanol–water partition coefficient (Wildman–Crippen LogP) is 3.97. The van der Waals surface area contributed by atoms with E-state index in [1.807, 2.05) is 0 Å². The van der Waals surface area contributed by atoms with E-state index in [-0.39, 0.29) is 0 Å². The van der Waals surface area contributed by atoms with Gasteiger partial charge < -0.3 is 5.73 Å². The maximum absolute atomic E-state index is 6.06. The van der Waals surface area contributed by atoms with E-state index in [2.05, 4.69) is 20.8 Å². The summed E-state index contributed by atoms with van der Waals surface area (Å²) < 4.78 is 0. The van der Waals surface area contributed by atoms with Crippen molar-refractivity contribution in [3.05, 3.63) is 0 Å². The summed E-state index contributed by atoms with van der Waals surface area (Å²) in [5.74, 6) is 1.80. The van der Waals surface area contributed by atoms with Gasteiger partial charge in [0.15, 0.2) is 0 Å². The molecule has 0 aromatic carbocycles. The van der Waals surface area contributed by atoms with Gasteiger partial charge in [0.05, 0.1) is 0 Å². The Kier molecular flexibility index (Phi) is 5.11. The first-order chi connectivity index (χ1) is 7.15. The molecule has 1 rings (SSSR count). The van der Waals surface area contributed by atoms with Crippen LogP contribution in [0.1, 0.15) is 65.7 Å². The van der Waals surface area contributed by atoms with Crippen LogP contribution in [0.15, 0.2) is 0 Å². The fourth-order valence-electron chi connectivity index (χ4n) is 3.27. The summed E-state index contributed by atoms with van der Waals surface area (Å²) >= 11 is 0. The van der Waals surface area contributed by atoms with Crippen LogP contribution in [0.25, 0.3) is 0 Å². The third kappa shape index (κ3) is 3.48. The molecule has 0 bridgehead atoms. The largest absolute Gasteiger partial charge is 0.330 e. The van der Waals surface area contributed by atoms with Gasteiger partial charge in [-0.25, -0.2) is 0 Å². The van der Waals surface area contributed by atoms with Crippen molar-refractivity contribution in [2.24, 2.45) is 23.0 Å². The number of nitrogens with two attached hydrogens (primary N) is 1. The normalized spacial score (nSPS) is 34.0. The van der Waals surface area contributed by atoms with Crippen LogP contribution in [0.5, 0.6) is 0 Å². The third-order valence-corrected chi connectivity index (χ3v) is 4.53. The molecule has 0 aromatic rings. The standard InChI is InChI=1S/C14H29N/c1-4-12(3)9-14(11-15)8-6-7-13(5-2)10-14/h12-13H,4-11,15H2,1-3H3. The minimum Gasteiger partial charge on any atom is -0.330 e. The van der Waals surface area contributed by atoms with Gasteiger partial charge in [-0.2, -0.15) is 0 Å². The second kappa shape index (κ2) is 5.89. The molecule has 0 saturated heterocycles. The molecular formula is C14H29N. The Morgan fingerprint density at radius 2 is 2.13 bits per heavy atom. The van der Waals surface area contributed by atoms with Crippen molar-refractivity contribution >= 4 is 0 Å². The Balaban J connectivity index is 2.57. The average molecular weight is 211 g/mol. The first-order valence-corrected chi connectivity index (χ1v) is 6.86. The Labute approximate surface area is 95.8 Å². The molecule has 0 aliphatic heterocycles. The van der Waals surface area contributed by atoms with E-state index in [4.69, 9.17) is 5.73 Å². The molecule has 1 aliphatic carbocycles. The number of rotatable bonds is 5. The molecule has 90 valence electrons. The van der Waals surface area contributed by atoms with Crippen molar-refractivity contribution in [1.29, 1.82) is 0 Å². The van der Waals surface area contributed by atoms with Crippen molar-refractivity contribution in [3.8, 4) is 0 Å². The van der Waals surface area contributed by atoms with Crippen LogP contribution in [0.3, 0.4) is 0 Å². The van der Waals surface area contributed by atoms with Crippen molar-refractivity contribution < 1.29 is 0 Å². The first kappa shape index (κ1) is 13.0. The van der Waals surface area contributed by atoms with E-state index in [1.54, 1.807) is 0 Å². The van der Waals surface area contributed by atoms with Gasteiger partial charge in [-0.05, 0) is 43.1 Å². The fourth-order valence-corrected chi connectivity index (χ4v) is 3.27. The summed E-state index contributed by atoms with van der Waals surface area (Å²) in [5.41, 5.74) is 6.55. The Bertz CT molecular complexity index is 174. The molecule has 1 fully saturated rings. The SMILES string of the molecule is CCC(C)CC1(CN)CCCC(CC)C1. The van der Waals surface area contributed by atoms with E-state index in [1.165, 1.54) is 44.9 Å². The summed E-state index contributed by atoms with van der Waals surface area (Å²) in [4.78, 5) is 0. The second-order valence-electron chi connectivity index (χ2n) is 5.79. The highest BCUT2D eigenvalue weighted by Crippen LogP contribution is 2.44. The zero-order valence-corrected chi connectivity index (χ0v) is 10.9. The quantitative estimate of drug-likeness (QED) is 0.731. The molecule has 15 heavy (non-hydrogen) atoms. The molecule has 0 radical (unpaired) electrons. The first-order valence-electron chi connectivity index (χ1n) is 6.86. The van der Waals surface area contributed by atoms with Crippen LogP contribution in [0.4, 0.5) is 0 Å². The maximum Gasteiger partial charge on any atom is -0.00203 e. The summed E-state index contributed by atoms with van der Waals surface area (Å²) in [6.45, 7) is 7.93.